The lowest BCUT2D eigenvalue weighted by molar-refractivity contribution is -0.00613. The molecular weight excluding hydrogens is 320 g/mol. The Hall–Kier alpha value is -2.09. The molecule has 4 bridgehead atoms. The Kier molecular flexibility index (Phi) is 3.70. The number of rotatable bonds is 4. The van der Waals surface area contributed by atoms with E-state index < -0.39 is 0 Å². The summed E-state index contributed by atoms with van der Waals surface area (Å²) in [6, 6.07) is 14.6. The minimum Gasteiger partial charge on any atom is -0.496 e. The number of benzene rings is 2. The van der Waals surface area contributed by atoms with Gasteiger partial charge in [0.15, 0.2) is 0 Å². The Bertz CT molecular complexity index is 799. The lowest BCUT2D eigenvalue weighted by Gasteiger charge is -2.57. The fourth-order valence-corrected chi connectivity index (χ4v) is 6.50. The standard InChI is InChI=1S/C24H26O2/c1-26-23-7-6-21(20-4-2-16(15-25)3-5-20)11-22(23)24-12-17-8-18(13-24)10-19(9-17)14-24/h2-7,11,15,17-19H,8-10,12-14H2,1H3. The molecule has 4 aliphatic carbocycles. The molecule has 0 radical (unpaired) electrons. The molecule has 0 aromatic heterocycles. The van der Waals surface area contributed by atoms with E-state index in [1.807, 2.05) is 12.1 Å². The van der Waals surface area contributed by atoms with E-state index in [0.717, 1.165) is 35.4 Å². The first kappa shape index (κ1) is 16.1. The van der Waals surface area contributed by atoms with E-state index in [2.05, 4.69) is 30.3 Å². The van der Waals surface area contributed by atoms with Crippen LogP contribution in [0.15, 0.2) is 42.5 Å². The van der Waals surface area contributed by atoms with Crippen LogP contribution in [-0.4, -0.2) is 13.4 Å². The van der Waals surface area contributed by atoms with Crippen LogP contribution in [0.2, 0.25) is 0 Å². The minimum absolute atomic E-state index is 0.318. The van der Waals surface area contributed by atoms with Crippen LogP contribution in [0.1, 0.15) is 54.4 Å². The molecule has 4 saturated carbocycles. The van der Waals surface area contributed by atoms with Gasteiger partial charge in [-0.25, -0.2) is 0 Å². The van der Waals surface area contributed by atoms with Gasteiger partial charge in [0, 0.05) is 11.1 Å². The maximum Gasteiger partial charge on any atom is 0.150 e. The van der Waals surface area contributed by atoms with Crippen LogP contribution in [-0.2, 0) is 5.41 Å². The Morgan fingerprint density at radius 2 is 1.46 bits per heavy atom. The molecule has 6 rings (SSSR count). The van der Waals surface area contributed by atoms with E-state index in [1.165, 1.54) is 55.2 Å². The predicted molar refractivity (Wildman–Crippen MR) is 104 cm³/mol. The highest BCUT2D eigenvalue weighted by atomic mass is 16.5. The second-order valence-electron chi connectivity index (χ2n) is 8.85. The topological polar surface area (TPSA) is 26.3 Å². The second kappa shape index (κ2) is 5.97. The van der Waals surface area contributed by atoms with Crippen molar-refractivity contribution in [1.82, 2.24) is 0 Å². The first-order chi connectivity index (χ1) is 12.7. The van der Waals surface area contributed by atoms with Crippen LogP contribution in [0.4, 0.5) is 0 Å². The molecule has 0 atom stereocenters. The molecule has 2 nitrogen and oxygen atoms in total. The Balaban J connectivity index is 1.58. The highest BCUT2D eigenvalue weighted by Crippen LogP contribution is 2.62. The summed E-state index contributed by atoms with van der Waals surface area (Å²) in [7, 11) is 1.80. The molecule has 2 aromatic rings. The lowest BCUT2D eigenvalue weighted by atomic mass is 9.48. The quantitative estimate of drug-likeness (QED) is 0.669. The molecule has 26 heavy (non-hydrogen) atoms. The van der Waals surface area contributed by atoms with Gasteiger partial charge in [-0.05, 0) is 85.0 Å². The fraction of sp³-hybridized carbons (Fsp3) is 0.458. The maximum atomic E-state index is 10.9. The van der Waals surface area contributed by atoms with Crippen LogP contribution >= 0.6 is 0 Å². The van der Waals surface area contributed by atoms with Crippen molar-refractivity contribution in [3.05, 3.63) is 53.6 Å². The Labute approximate surface area is 155 Å². The molecule has 4 fully saturated rings. The van der Waals surface area contributed by atoms with Crippen molar-refractivity contribution >= 4 is 6.29 Å². The summed E-state index contributed by atoms with van der Waals surface area (Å²) >= 11 is 0. The van der Waals surface area contributed by atoms with Crippen molar-refractivity contribution in [3.63, 3.8) is 0 Å². The lowest BCUT2D eigenvalue weighted by Crippen LogP contribution is -2.48. The summed E-state index contributed by atoms with van der Waals surface area (Å²) in [5, 5.41) is 0. The highest BCUT2D eigenvalue weighted by molar-refractivity contribution is 5.77. The van der Waals surface area contributed by atoms with Crippen molar-refractivity contribution in [2.75, 3.05) is 7.11 Å². The van der Waals surface area contributed by atoms with Crippen molar-refractivity contribution in [2.45, 2.75) is 43.9 Å². The molecule has 134 valence electrons. The van der Waals surface area contributed by atoms with E-state index in [0.29, 0.717) is 5.41 Å². The van der Waals surface area contributed by atoms with Crippen LogP contribution in [0, 0.1) is 17.8 Å². The number of methoxy groups -OCH3 is 1. The highest BCUT2D eigenvalue weighted by Gasteiger charge is 2.52. The third-order valence-corrected chi connectivity index (χ3v) is 7.19. The summed E-state index contributed by atoms with van der Waals surface area (Å²) in [5.41, 5.74) is 4.87. The van der Waals surface area contributed by atoms with Crippen molar-refractivity contribution in [3.8, 4) is 16.9 Å². The van der Waals surface area contributed by atoms with Gasteiger partial charge in [0.25, 0.3) is 0 Å². The molecule has 0 unspecified atom stereocenters. The van der Waals surface area contributed by atoms with Crippen LogP contribution in [0.3, 0.4) is 0 Å². The number of carbonyl (C=O) groups excluding carboxylic acids is 1. The zero-order valence-corrected chi connectivity index (χ0v) is 15.4. The van der Waals surface area contributed by atoms with E-state index in [4.69, 9.17) is 4.74 Å². The van der Waals surface area contributed by atoms with Crippen LogP contribution in [0.5, 0.6) is 5.75 Å². The molecule has 4 aliphatic rings. The molecule has 0 saturated heterocycles. The van der Waals surface area contributed by atoms with Gasteiger partial charge >= 0.3 is 0 Å². The third-order valence-electron chi connectivity index (χ3n) is 7.19. The first-order valence-corrected chi connectivity index (χ1v) is 9.93. The summed E-state index contributed by atoms with van der Waals surface area (Å²) in [6.45, 7) is 0. The van der Waals surface area contributed by atoms with E-state index in [1.54, 1.807) is 7.11 Å². The van der Waals surface area contributed by atoms with Gasteiger partial charge in [-0.1, -0.05) is 30.3 Å². The van der Waals surface area contributed by atoms with Gasteiger partial charge < -0.3 is 4.74 Å². The zero-order valence-electron chi connectivity index (χ0n) is 15.4. The fourth-order valence-electron chi connectivity index (χ4n) is 6.50. The summed E-state index contributed by atoms with van der Waals surface area (Å²) < 4.78 is 5.82. The van der Waals surface area contributed by atoms with Gasteiger partial charge in [-0.15, -0.1) is 0 Å². The molecule has 0 spiro atoms. The number of carbonyl (C=O) groups is 1. The van der Waals surface area contributed by atoms with Crippen molar-refractivity contribution in [1.29, 1.82) is 0 Å². The summed E-state index contributed by atoms with van der Waals surface area (Å²) in [6.07, 6.45) is 9.27. The van der Waals surface area contributed by atoms with Gasteiger partial charge in [0.2, 0.25) is 0 Å². The number of ether oxygens (including phenoxy) is 1. The molecule has 0 N–H and O–H groups in total. The SMILES string of the molecule is COc1ccc(-c2ccc(C=O)cc2)cc1C12CC3CC(CC(C3)C1)C2. The number of hydrogen-bond acceptors (Lipinski definition) is 2. The number of aldehydes is 1. The molecule has 2 heteroatoms. The number of hydrogen-bond donors (Lipinski definition) is 0. The van der Waals surface area contributed by atoms with Crippen LogP contribution in [0.25, 0.3) is 11.1 Å². The average molecular weight is 346 g/mol. The van der Waals surface area contributed by atoms with E-state index >= 15 is 0 Å². The molecule has 0 aliphatic heterocycles. The molecule has 0 heterocycles. The smallest absolute Gasteiger partial charge is 0.150 e. The van der Waals surface area contributed by atoms with Crippen LogP contribution < -0.4 is 4.74 Å². The third kappa shape index (κ3) is 2.50. The molecular formula is C24H26O2. The second-order valence-corrected chi connectivity index (χ2v) is 8.85. The summed E-state index contributed by atoms with van der Waals surface area (Å²) in [4.78, 5) is 10.9. The zero-order chi connectivity index (χ0) is 17.7. The van der Waals surface area contributed by atoms with Gasteiger partial charge in [-0.3, -0.25) is 4.79 Å². The summed E-state index contributed by atoms with van der Waals surface area (Å²) in [5.74, 6) is 3.81. The van der Waals surface area contributed by atoms with Crippen molar-refractivity contribution in [2.24, 2.45) is 17.8 Å². The first-order valence-electron chi connectivity index (χ1n) is 9.93. The normalized spacial score (nSPS) is 31.8. The minimum atomic E-state index is 0.318. The average Bonchev–Trinajstić information content (AvgIpc) is 2.66. The monoisotopic (exact) mass is 346 g/mol. The Morgan fingerprint density at radius 3 is 2.00 bits per heavy atom. The molecule has 2 aromatic carbocycles. The largest absolute Gasteiger partial charge is 0.496 e. The van der Waals surface area contributed by atoms with Gasteiger partial charge in [0.05, 0.1) is 7.11 Å². The van der Waals surface area contributed by atoms with Crippen molar-refractivity contribution < 1.29 is 9.53 Å². The predicted octanol–water partition coefficient (Wildman–Crippen LogP) is 5.64. The molecule has 0 amide bonds. The Morgan fingerprint density at radius 1 is 0.885 bits per heavy atom. The van der Waals surface area contributed by atoms with Gasteiger partial charge in [0.1, 0.15) is 12.0 Å². The van der Waals surface area contributed by atoms with E-state index in [-0.39, 0.29) is 0 Å². The van der Waals surface area contributed by atoms with Gasteiger partial charge in [-0.2, -0.15) is 0 Å². The maximum absolute atomic E-state index is 10.9. The van der Waals surface area contributed by atoms with E-state index in [9.17, 15) is 4.79 Å².